The van der Waals surface area contributed by atoms with Gasteiger partial charge in [0.05, 0.1) is 0 Å². The molecule has 132 valence electrons. The lowest BCUT2D eigenvalue weighted by atomic mass is 9.85. The molecule has 1 fully saturated rings. The quantitative estimate of drug-likeness (QED) is 0.558. The zero-order valence-electron chi connectivity index (χ0n) is 14.8. The smallest absolute Gasteiger partial charge is 0.0457 e. The number of rotatable bonds is 10. The van der Waals surface area contributed by atoms with Crippen molar-refractivity contribution in [3.05, 3.63) is 21.9 Å². The molecule has 1 aromatic rings. The first-order chi connectivity index (χ1) is 11.2. The van der Waals surface area contributed by atoms with Gasteiger partial charge in [0.25, 0.3) is 0 Å². The van der Waals surface area contributed by atoms with Crippen molar-refractivity contribution in [2.45, 2.75) is 83.6 Å². The highest BCUT2D eigenvalue weighted by molar-refractivity contribution is 7.12. The van der Waals surface area contributed by atoms with Gasteiger partial charge in [-0.15, -0.1) is 11.3 Å². The molecule has 3 heteroatoms. The number of aliphatic hydroxyl groups excluding tert-OH is 1. The second kappa shape index (κ2) is 10.5. The number of hydrogen-bond donors (Lipinski definition) is 2. The topological polar surface area (TPSA) is 46.2 Å². The largest absolute Gasteiger partial charge is 0.396 e. The SMILES string of the molecule is C[C@@H](CO)CC(N)c1ccc(CCCCCC2CCCCC2)s1. The van der Waals surface area contributed by atoms with Gasteiger partial charge in [-0.25, -0.2) is 0 Å². The summed E-state index contributed by atoms with van der Waals surface area (Å²) < 4.78 is 0. The van der Waals surface area contributed by atoms with Gasteiger partial charge in [0.1, 0.15) is 0 Å². The van der Waals surface area contributed by atoms with Crippen LogP contribution >= 0.6 is 11.3 Å². The van der Waals surface area contributed by atoms with E-state index in [0.29, 0.717) is 0 Å². The Morgan fingerprint density at radius 2 is 1.96 bits per heavy atom. The average molecular weight is 338 g/mol. The maximum absolute atomic E-state index is 9.14. The summed E-state index contributed by atoms with van der Waals surface area (Å²) >= 11 is 1.87. The Kier molecular flexibility index (Phi) is 8.63. The maximum atomic E-state index is 9.14. The third-order valence-corrected chi connectivity index (χ3v) is 6.55. The van der Waals surface area contributed by atoms with E-state index in [-0.39, 0.29) is 18.6 Å². The van der Waals surface area contributed by atoms with Crippen LogP contribution in [0.15, 0.2) is 12.1 Å². The molecule has 2 rings (SSSR count). The molecule has 2 atom stereocenters. The third-order valence-electron chi connectivity index (χ3n) is 5.28. The summed E-state index contributed by atoms with van der Waals surface area (Å²) in [7, 11) is 0. The number of unbranched alkanes of at least 4 members (excludes halogenated alkanes) is 2. The van der Waals surface area contributed by atoms with E-state index in [1.165, 1.54) is 74.0 Å². The average Bonchev–Trinajstić information content (AvgIpc) is 3.04. The highest BCUT2D eigenvalue weighted by Gasteiger charge is 2.14. The molecular formula is C20H35NOS. The highest BCUT2D eigenvalue weighted by Crippen LogP contribution is 2.29. The van der Waals surface area contributed by atoms with Gasteiger partial charge < -0.3 is 10.8 Å². The molecule has 0 aliphatic heterocycles. The van der Waals surface area contributed by atoms with E-state index in [0.717, 1.165) is 12.3 Å². The number of nitrogens with two attached hydrogens (primary N) is 1. The third kappa shape index (κ3) is 6.94. The molecule has 1 aromatic heterocycles. The van der Waals surface area contributed by atoms with Crippen LogP contribution in [-0.2, 0) is 6.42 Å². The minimum atomic E-state index is 0.0854. The fourth-order valence-electron chi connectivity index (χ4n) is 3.74. The van der Waals surface area contributed by atoms with Crippen LogP contribution in [0, 0.1) is 11.8 Å². The zero-order valence-corrected chi connectivity index (χ0v) is 15.6. The number of thiophene rings is 1. The van der Waals surface area contributed by atoms with Gasteiger partial charge in [0.15, 0.2) is 0 Å². The van der Waals surface area contributed by atoms with E-state index < -0.39 is 0 Å². The molecule has 0 aromatic carbocycles. The Bertz CT molecular complexity index is 425. The van der Waals surface area contributed by atoms with Crippen molar-refractivity contribution in [3.8, 4) is 0 Å². The van der Waals surface area contributed by atoms with Crippen LogP contribution in [0.2, 0.25) is 0 Å². The molecule has 1 unspecified atom stereocenters. The molecule has 1 saturated carbocycles. The molecule has 0 amide bonds. The van der Waals surface area contributed by atoms with Crippen molar-refractivity contribution in [2.24, 2.45) is 17.6 Å². The summed E-state index contributed by atoms with van der Waals surface area (Å²) in [5.41, 5.74) is 6.24. The predicted molar refractivity (Wildman–Crippen MR) is 101 cm³/mol. The molecule has 2 nitrogen and oxygen atoms in total. The molecular weight excluding hydrogens is 302 g/mol. The molecule has 0 bridgehead atoms. The number of aryl methyl sites for hydroxylation is 1. The standard InChI is InChI=1S/C20H35NOS/c1-16(15-22)14-19(21)20-13-12-18(23-20)11-7-3-6-10-17-8-4-2-5-9-17/h12-13,16-17,19,22H,2-11,14-15,21H2,1H3/t16-,19?/m1/s1. The maximum Gasteiger partial charge on any atom is 0.0457 e. The van der Waals surface area contributed by atoms with Crippen LogP contribution in [0.5, 0.6) is 0 Å². The van der Waals surface area contributed by atoms with Crippen molar-refractivity contribution in [1.82, 2.24) is 0 Å². The van der Waals surface area contributed by atoms with Crippen molar-refractivity contribution in [1.29, 1.82) is 0 Å². The van der Waals surface area contributed by atoms with Gasteiger partial charge in [-0.1, -0.05) is 58.3 Å². The Labute approximate surface area is 146 Å². The number of hydrogen-bond acceptors (Lipinski definition) is 3. The van der Waals surface area contributed by atoms with Crippen LogP contribution in [0.25, 0.3) is 0 Å². The van der Waals surface area contributed by atoms with Crippen LogP contribution in [-0.4, -0.2) is 11.7 Å². The molecule has 1 aliphatic rings. The Morgan fingerprint density at radius 1 is 1.17 bits per heavy atom. The van der Waals surface area contributed by atoms with E-state index in [2.05, 4.69) is 19.1 Å². The Morgan fingerprint density at radius 3 is 2.70 bits per heavy atom. The van der Waals surface area contributed by atoms with Crippen molar-refractivity contribution in [2.75, 3.05) is 6.61 Å². The lowest BCUT2D eigenvalue weighted by molar-refractivity contribution is 0.224. The summed E-state index contributed by atoms with van der Waals surface area (Å²) in [6.07, 6.45) is 15.0. The molecule has 0 saturated heterocycles. The summed E-state index contributed by atoms with van der Waals surface area (Å²) in [5, 5.41) is 9.14. The number of aliphatic hydroxyl groups is 1. The summed E-state index contributed by atoms with van der Waals surface area (Å²) in [4.78, 5) is 2.76. The van der Waals surface area contributed by atoms with Gasteiger partial charge in [0, 0.05) is 22.4 Å². The van der Waals surface area contributed by atoms with E-state index in [1.807, 2.05) is 11.3 Å². The molecule has 23 heavy (non-hydrogen) atoms. The zero-order chi connectivity index (χ0) is 16.5. The van der Waals surface area contributed by atoms with E-state index in [1.54, 1.807) is 0 Å². The van der Waals surface area contributed by atoms with Gasteiger partial charge in [-0.3, -0.25) is 0 Å². The minimum Gasteiger partial charge on any atom is -0.396 e. The molecule has 3 N–H and O–H groups in total. The molecule has 1 heterocycles. The van der Waals surface area contributed by atoms with Gasteiger partial charge in [0.2, 0.25) is 0 Å². The van der Waals surface area contributed by atoms with E-state index in [4.69, 9.17) is 10.8 Å². The molecule has 1 aliphatic carbocycles. The van der Waals surface area contributed by atoms with Crippen LogP contribution < -0.4 is 5.73 Å². The van der Waals surface area contributed by atoms with Gasteiger partial charge in [-0.2, -0.15) is 0 Å². The minimum absolute atomic E-state index is 0.0854. The first-order valence-electron chi connectivity index (χ1n) is 9.64. The summed E-state index contributed by atoms with van der Waals surface area (Å²) in [5.74, 6) is 1.32. The molecule has 0 spiro atoms. The van der Waals surface area contributed by atoms with Crippen LogP contribution in [0.3, 0.4) is 0 Å². The van der Waals surface area contributed by atoms with E-state index in [9.17, 15) is 0 Å². The fourth-order valence-corrected chi connectivity index (χ4v) is 4.81. The first-order valence-corrected chi connectivity index (χ1v) is 10.5. The first kappa shape index (κ1) is 19.0. The Hall–Kier alpha value is -0.380. The van der Waals surface area contributed by atoms with Crippen molar-refractivity contribution < 1.29 is 5.11 Å². The lowest BCUT2D eigenvalue weighted by Crippen LogP contribution is -2.14. The van der Waals surface area contributed by atoms with Gasteiger partial charge >= 0.3 is 0 Å². The lowest BCUT2D eigenvalue weighted by Gasteiger charge is -2.21. The predicted octanol–water partition coefficient (Wildman–Crippen LogP) is 5.45. The fraction of sp³-hybridized carbons (Fsp3) is 0.800. The second-order valence-corrected chi connectivity index (χ2v) is 8.74. The normalized spacial score (nSPS) is 18.9. The Balaban J connectivity index is 1.60. The van der Waals surface area contributed by atoms with Crippen LogP contribution in [0.4, 0.5) is 0 Å². The van der Waals surface area contributed by atoms with E-state index >= 15 is 0 Å². The molecule has 0 radical (unpaired) electrons. The monoisotopic (exact) mass is 337 g/mol. The van der Waals surface area contributed by atoms with Crippen molar-refractivity contribution >= 4 is 11.3 Å². The summed E-state index contributed by atoms with van der Waals surface area (Å²) in [6, 6.07) is 4.53. The van der Waals surface area contributed by atoms with Gasteiger partial charge in [-0.05, 0) is 43.2 Å². The highest BCUT2D eigenvalue weighted by atomic mass is 32.1. The van der Waals surface area contributed by atoms with Crippen LogP contribution in [0.1, 0.15) is 86.9 Å². The van der Waals surface area contributed by atoms with Crippen molar-refractivity contribution in [3.63, 3.8) is 0 Å². The summed E-state index contributed by atoms with van der Waals surface area (Å²) in [6.45, 7) is 2.29. The second-order valence-electron chi connectivity index (χ2n) is 7.54.